The molecular formula is C24H24IN3O. The van der Waals surface area contributed by atoms with Crippen molar-refractivity contribution in [3.63, 3.8) is 0 Å². The second-order valence-corrected chi connectivity index (χ2v) is 8.51. The first-order valence-corrected chi connectivity index (χ1v) is 10.9. The molecule has 29 heavy (non-hydrogen) atoms. The van der Waals surface area contributed by atoms with Gasteiger partial charge < -0.3 is 10.2 Å². The number of hydrogen-bond donors (Lipinski definition) is 1. The smallest absolute Gasteiger partial charge is 0.255 e. The summed E-state index contributed by atoms with van der Waals surface area (Å²) in [5.41, 5.74) is 4.07. The quantitative estimate of drug-likeness (QED) is 0.512. The van der Waals surface area contributed by atoms with Gasteiger partial charge in [-0.2, -0.15) is 0 Å². The van der Waals surface area contributed by atoms with E-state index in [0.717, 1.165) is 42.0 Å². The molecule has 3 aromatic carbocycles. The molecule has 1 saturated heterocycles. The minimum atomic E-state index is -0.0780. The molecule has 1 heterocycles. The zero-order valence-corrected chi connectivity index (χ0v) is 18.4. The van der Waals surface area contributed by atoms with Gasteiger partial charge in [-0.05, 0) is 70.6 Å². The number of anilines is 2. The maximum Gasteiger partial charge on any atom is 0.255 e. The van der Waals surface area contributed by atoms with Gasteiger partial charge in [0.2, 0.25) is 0 Å². The van der Waals surface area contributed by atoms with Gasteiger partial charge in [0.25, 0.3) is 5.91 Å². The second kappa shape index (κ2) is 9.41. The van der Waals surface area contributed by atoms with Gasteiger partial charge in [-0.1, -0.05) is 36.4 Å². The summed E-state index contributed by atoms with van der Waals surface area (Å²) in [6.07, 6.45) is 0. The van der Waals surface area contributed by atoms with Crippen LogP contribution in [-0.4, -0.2) is 37.0 Å². The Hall–Kier alpha value is -2.38. The first kappa shape index (κ1) is 19.9. The molecule has 0 unspecified atom stereocenters. The molecule has 0 saturated carbocycles. The molecular weight excluding hydrogens is 473 g/mol. The Bertz CT molecular complexity index is 951. The summed E-state index contributed by atoms with van der Waals surface area (Å²) in [5, 5.41) is 2.98. The highest BCUT2D eigenvalue weighted by molar-refractivity contribution is 14.1. The number of piperazine rings is 1. The summed E-state index contributed by atoms with van der Waals surface area (Å²) < 4.78 is 1.05. The number of nitrogens with zero attached hydrogens (tertiary/aromatic N) is 2. The number of halogens is 1. The van der Waals surface area contributed by atoms with Crippen LogP contribution in [0.4, 0.5) is 11.4 Å². The number of carbonyl (C=O) groups excluding carboxylic acids is 1. The molecule has 1 N–H and O–H groups in total. The van der Waals surface area contributed by atoms with Crippen molar-refractivity contribution in [3.8, 4) is 0 Å². The molecule has 1 amide bonds. The lowest BCUT2D eigenvalue weighted by Gasteiger charge is -2.36. The molecule has 0 aliphatic carbocycles. The van der Waals surface area contributed by atoms with Gasteiger partial charge in [0.05, 0.1) is 0 Å². The molecule has 148 valence electrons. The highest BCUT2D eigenvalue weighted by Gasteiger charge is 2.17. The molecule has 3 aromatic rings. The summed E-state index contributed by atoms with van der Waals surface area (Å²) >= 11 is 2.22. The van der Waals surface area contributed by atoms with Crippen molar-refractivity contribution in [3.05, 3.63) is 93.6 Å². The molecule has 0 spiro atoms. The number of nitrogens with one attached hydrogen (secondary N) is 1. The Labute approximate surface area is 185 Å². The van der Waals surface area contributed by atoms with E-state index in [1.165, 1.54) is 11.3 Å². The van der Waals surface area contributed by atoms with Crippen LogP contribution in [-0.2, 0) is 6.54 Å². The second-order valence-electron chi connectivity index (χ2n) is 7.26. The molecule has 0 aromatic heterocycles. The molecule has 0 atom stereocenters. The maximum atomic E-state index is 12.4. The normalized spacial score (nSPS) is 14.6. The third-order valence-corrected chi connectivity index (χ3v) is 5.87. The third kappa shape index (κ3) is 5.36. The van der Waals surface area contributed by atoms with E-state index >= 15 is 0 Å². The Morgan fingerprint density at radius 1 is 0.862 bits per heavy atom. The van der Waals surface area contributed by atoms with Crippen molar-refractivity contribution in [2.75, 3.05) is 36.4 Å². The van der Waals surface area contributed by atoms with E-state index in [0.29, 0.717) is 5.56 Å². The fourth-order valence-corrected chi connectivity index (χ4v) is 4.14. The van der Waals surface area contributed by atoms with Crippen molar-refractivity contribution in [1.82, 2.24) is 4.90 Å². The van der Waals surface area contributed by atoms with Crippen molar-refractivity contribution in [1.29, 1.82) is 0 Å². The summed E-state index contributed by atoms with van der Waals surface area (Å²) in [4.78, 5) is 17.3. The van der Waals surface area contributed by atoms with Crippen LogP contribution in [0.3, 0.4) is 0 Å². The lowest BCUT2D eigenvalue weighted by molar-refractivity contribution is 0.102. The van der Waals surface area contributed by atoms with Crippen LogP contribution in [0.2, 0.25) is 0 Å². The highest BCUT2D eigenvalue weighted by atomic mass is 127. The van der Waals surface area contributed by atoms with Crippen LogP contribution in [0.1, 0.15) is 15.9 Å². The van der Waals surface area contributed by atoms with E-state index in [2.05, 4.69) is 80.2 Å². The first-order chi connectivity index (χ1) is 14.2. The molecule has 0 bridgehead atoms. The van der Waals surface area contributed by atoms with Crippen LogP contribution < -0.4 is 10.2 Å². The van der Waals surface area contributed by atoms with Crippen LogP contribution >= 0.6 is 22.6 Å². The predicted molar refractivity (Wildman–Crippen MR) is 127 cm³/mol. The van der Waals surface area contributed by atoms with Crippen LogP contribution in [0.25, 0.3) is 0 Å². The van der Waals surface area contributed by atoms with Crippen molar-refractivity contribution >= 4 is 39.9 Å². The van der Waals surface area contributed by atoms with Gasteiger partial charge in [0.1, 0.15) is 0 Å². The lowest BCUT2D eigenvalue weighted by Crippen LogP contribution is -2.45. The predicted octanol–water partition coefficient (Wildman–Crippen LogP) is 4.87. The summed E-state index contributed by atoms with van der Waals surface area (Å²) in [7, 11) is 0. The topological polar surface area (TPSA) is 35.6 Å². The molecule has 1 aliphatic heterocycles. The summed E-state index contributed by atoms with van der Waals surface area (Å²) in [6.45, 7) is 5.15. The Kier molecular flexibility index (Phi) is 6.46. The monoisotopic (exact) mass is 497 g/mol. The van der Waals surface area contributed by atoms with Crippen LogP contribution in [0.15, 0.2) is 78.9 Å². The molecule has 1 fully saturated rings. The van der Waals surface area contributed by atoms with Gasteiger partial charge in [0.15, 0.2) is 0 Å². The Morgan fingerprint density at radius 2 is 1.59 bits per heavy atom. The lowest BCUT2D eigenvalue weighted by atomic mass is 10.2. The van der Waals surface area contributed by atoms with Crippen LogP contribution in [0.5, 0.6) is 0 Å². The number of carbonyl (C=O) groups is 1. The first-order valence-electron chi connectivity index (χ1n) is 9.85. The maximum absolute atomic E-state index is 12.4. The van der Waals surface area contributed by atoms with Gasteiger partial charge >= 0.3 is 0 Å². The van der Waals surface area contributed by atoms with E-state index in [9.17, 15) is 4.79 Å². The number of amides is 1. The molecule has 0 radical (unpaired) electrons. The minimum absolute atomic E-state index is 0.0780. The number of rotatable bonds is 5. The van der Waals surface area contributed by atoms with Crippen molar-refractivity contribution < 1.29 is 4.79 Å². The molecule has 1 aliphatic rings. The van der Waals surface area contributed by atoms with Crippen molar-refractivity contribution in [2.24, 2.45) is 0 Å². The average Bonchev–Trinajstić information content (AvgIpc) is 2.76. The minimum Gasteiger partial charge on any atom is -0.369 e. The zero-order chi connectivity index (χ0) is 20.1. The standard InChI is InChI=1S/C24H24IN3O/c25-21-8-4-7-20(17-21)24(29)26-22-9-11-23(12-10-22)28-15-13-27(14-16-28)18-19-5-2-1-3-6-19/h1-12,17H,13-16,18H2,(H,26,29). The Balaban J connectivity index is 1.31. The molecule has 4 rings (SSSR count). The van der Waals surface area contributed by atoms with Gasteiger partial charge in [-0.15, -0.1) is 0 Å². The SMILES string of the molecule is O=C(Nc1ccc(N2CCN(Cc3ccccc3)CC2)cc1)c1cccc(I)c1. The fraction of sp³-hybridized carbons (Fsp3) is 0.208. The zero-order valence-electron chi connectivity index (χ0n) is 16.2. The van der Waals surface area contributed by atoms with E-state index in [-0.39, 0.29) is 5.91 Å². The van der Waals surface area contributed by atoms with Gasteiger partial charge in [-0.25, -0.2) is 0 Å². The largest absolute Gasteiger partial charge is 0.369 e. The van der Waals surface area contributed by atoms with E-state index in [4.69, 9.17) is 0 Å². The number of benzene rings is 3. The van der Waals surface area contributed by atoms with Crippen molar-refractivity contribution in [2.45, 2.75) is 6.54 Å². The highest BCUT2D eigenvalue weighted by Crippen LogP contribution is 2.21. The average molecular weight is 497 g/mol. The molecule has 5 heteroatoms. The van der Waals surface area contributed by atoms with E-state index < -0.39 is 0 Å². The van der Waals surface area contributed by atoms with Crippen LogP contribution in [0, 0.1) is 3.57 Å². The van der Waals surface area contributed by atoms with Gasteiger partial charge in [0, 0.05) is 53.2 Å². The van der Waals surface area contributed by atoms with E-state index in [1.807, 2.05) is 36.4 Å². The van der Waals surface area contributed by atoms with Gasteiger partial charge in [-0.3, -0.25) is 9.69 Å². The Morgan fingerprint density at radius 3 is 2.28 bits per heavy atom. The number of hydrogen-bond acceptors (Lipinski definition) is 3. The fourth-order valence-electron chi connectivity index (χ4n) is 3.59. The summed E-state index contributed by atoms with van der Waals surface area (Å²) in [6, 6.07) is 26.4. The molecule has 4 nitrogen and oxygen atoms in total. The summed E-state index contributed by atoms with van der Waals surface area (Å²) in [5.74, 6) is -0.0780. The third-order valence-electron chi connectivity index (χ3n) is 5.20. The van der Waals surface area contributed by atoms with E-state index in [1.54, 1.807) is 0 Å².